The van der Waals surface area contributed by atoms with Crippen molar-refractivity contribution in [1.29, 1.82) is 0 Å². The molecule has 8 heteroatoms. The molecule has 1 aromatic rings. The maximum atomic E-state index is 10.4. The summed E-state index contributed by atoms with van der Waals surface area (Å²) in [6.45, 7) is 4.11. The predicted molar refractivity (Wildman–Crippen MR) is 86.0 cm³/mol. The minimum absolute atomic E-state index is 0.287. The van der Waals surface area contributed by atoms with Crippen molar-refractivity contribution in [1.82, 2.24) is 10.7 Å². The maximum Gasteiger partial charge on any atom is 0.433 e. The lowest BCUT2D eigenvalue weighted by molar-refractivity contribution is -0.402. The summed E-state index contributed by atoms with van der Waals surface area (Å²) in [5, 5.41) is 17.5. The van der Waals surface area contributed by atoms with Crippen LogP contribution in [0.2, 0.25) is 0 Å². The van der Waals surface area contributed by atoms with Gasteiger partial charge < -0.3 is 9.73 Å². The molecule has 0 spiro atoms. The van der Waals surface area contributed by atoms with Crippen LogP contribution in [-0.2, 0) is 0 Å². The summed E-state index contributed by atoms with van der Waals surface area (Å²) in [6.07, 6.45) is 9.82. The van der Waals surface area contributed by atoms with Gasteiger partial charge in [-0.05, 0) is 30.4 Å². The minimum atomic E-state index is -0.588. The molecule has 0 amide bonds. The summed E-state index contributed by atoms with van der Waals surface area (Å²) < 4.78 is 4.94. The van der Waals surface area contributed by atoms with E-state index in [0.717, 1.165) is 0 Å². The van der Waals surface area contributed by atoms with Gasteiger partial charge in [0.1, 0.15) is 10.7 Å². The second kappa shape index (κ2) is 9.21. The Morgan fingerprint density at radius 1 is 1.48 bits per heavy atom. The topological polar surface area (TPSA) is 92.7 Å². The first-order chi connectivity index (χ1) is 10.1. The fourth-order valence-corrected chi connectivity index (χ4v) is 1.27. The molecule has 2 N–H and O–H groups in total. The minimum Gasteiger partial charge on any atom is -0.401 e. The van der Waals surface area contributed by atoms with E-state index in [1.54, 1.807) is 30.4 Å². The van der Waals surface area contributed by atoms with E-state index in [9.17, 15) is 10.1 Å². The van der Waals surface area contributed by atoms with Crippen LogP contribution in [0.5, 0.6) is 0 Å². The van der Waals surface area contributed by atoms with E-state index >= 15 is 0 Å². The van der Waals surface area contributed by atoms with E-state index in [1.807, 2.05) is 0 Å². The van der Waals surface area contributed by atoms with Crippen LogP contribution in [0.1, 0.15) is 5.76 Å². The van der Waals surface area contributed by atoms with Gasteiger partial charge in [0.2, 0.25) is 0 Å². The van der Waals surface area contributed by atoms with Crippen molar-refractivity contribution in [2.75, 3.05) is 6.54 Å². The molecule has 0 unspecified atom stereocenters. The number of furan rings is 1. The van der Waals surface area contributed by atoms with E-state index in [2.05, 4.69) is 22.4 Å². The molecule has 1 heterocycles. The Balaban J connectivity index is 2.33. The number of nitrogens with zero attached hydrogens (tertiary/aromatic N) is 2. The molecule has 110 valence electrons. The van der Waals surface area contributed by atoms with Crippen molar-refractivity contribution in [2.45, 2.75) is 0 Å². The fourth-order valence-electron chi connectivity index (χ4n) is 1.14. The number of thiocarbonyl (C=S) groups is 1. The Morgan fingerprint density at radius 3 is 2.95 bits per heavy atom. The van der Waals surface area contributed by atoms with Crippen molar-refractivity contribution in [2.24, 2.45) is 5.10 Å². The molecule has 1 aromatic heterocycles. The fraction of sp³-hybridized carbons (Fsp3) is 0.0769. The zero-order valence-corrected chi connectivity index (χ0v) is 11.9. The number of rotatable bonds is 7. The molecule has 1 rings (SSSR count). The number of nitrogens with one attached hydrogen (secondary N) is 2. The van der Waals surface area contributed by atoms with Crippen molar-refractivity contribution >= 4 is 35.5 Å². The number of allylic oxidation sites excluding steroid dienone is 3. The number of hydrazone groups is 1. The highest BCUT2D eigenvalue weighted by molar-refractivity contribution is 7.80. The van der Waals surface area contributed by atoms with Crippen LogP contribution in [0.3, 0.4) is 0 Å². The van der Waals surface area contributed by atoms with Gasteiger partial charge in [-0.2, -0.15) is 5.10 Å². The number of hydrogen-bond donors (Lipinski definition) is 2. The van der Waals surface area contributed by atoms with Gasteiger partial charge in [0.15, 0.2) is 5.11 Å². The lowest BCUT2D eigenvalue weighted by Crippen LogP contribution is -2.31. The summed E-state index contributed by atoms with van der Waals surface area (Å²) in [5.74, 6) is 0.112. The summed E-state index contributed by atoms with van der Waals surface area (Å²) in [5.41, 5.74) is 2.62. The Kier molecular flexibility index (Phi) is 7.15. The van der Waals surface area contributed by atoms with Crippen molar-refractivity contribution in [3.63, 3.8) is 0 Å². The molecule has 0 fully saturated rings. The molecule has 0 saturated carbocycles. The van der Waals surface area contributed by atoms with Gasteiger partial charge in [-0.25, -0.2) is 0 Å². The standard InChI is InChI=1S/C13H14N4O3S/c1-2-9-14-13(21)16-15-10-5-3-4-6-11-7-8-12(20-11)17(18)19/h2-8,10H,1,9H2,(H2,14,16,21)/b5-3+,6-4+,15-10+. The normalized spacial score (nSPS) is 11.2. The third-order valence-electron chi connectivity index (χ3n) is 2.01. The molecule has 0 aliphatic heterocycles. The summed E-state index contributed by atoms with van der Waals surface area (Å²) in [7, 11) is 0. The Labute approximate surface area is 126 Å². The summed E-state index contributed by atoms with van der Waals surface area (Å²) in [6, 6.07) is 2.81. The molecule has 0 aliphatic rings. The highest BCUT2D eigenvalue weighted by atomic mass is 32.1. The van der Waals surface area contributed by atoms with E-state index < -0.39 is 4.92 Å². The second-order valence-corrected chi connectivity index (χ2v) is 3.97. The maximum absolute atomic E-state index is 10.4. The smallest absolute Gasteiger partial charge is 0.401 e. The van der Waals surface area contributed by atoms with Gasteiger partial charge in [0.05, 0.1) is 6.07 Å². The van der Waals surface area contributed by atoms with Gasteiger partial charge in [-0.15, -0.1) is 6.58 Å². The highest BCUT2D eigenvalue weighted by Crippen LogP contribution is 2.16. The van der Waals surface area contributed by atoms with Crippen LogP contribution in [0.4, 0.5) is 5.88 Å². The van der Waals surface area contributed by atoms with Crippen LogP contribution >= 0.6 is 12.2 Å². The van der Waals surface area contributed by atoms with E-state index in [1.165, 1.54) is 18.3 Å². The molecule has 0 saturated heterocycles. The average molecular weight is 306 g/mol. The zero-order valence-electron chi connectivity index (χ0n) is 11.1. The molecule has 21 heavy (non-hydrogen) atoms. The van der Waals surface area contributed by atoms with Gasteiger partial charge in [0, 0.05) is 12.8 Å². The Morgan fingerprint density at radius 2 is 2.29 bits per heavy atom. The van der Waals surface area contributed by atoms with Crippen molar-refractivity contribution in [3.05, 3.63) is 58.9 Å². The summed E-state index contributed by atoms with van der Waals surface area (Å²) in [4.78, 5) is 9.82. The molecule has 0 atom stereocenters. The second-order valence-electron chi connectivity index (χ2n) is 3.57. The molecular weight excluding hydrogens is 292 g/mol. The number of nitro groups is 1. The lowest BCUT2D eigenvalue weighted by atomic mass is 10.4. The van der Waals surface area contributed by atoms with Gasteiger partial charge in [-0.3, -0.25) is 15.5 Å². The molecule has 0 radical (unpaired) electrons. The van der Waals surface area contributed by atoms with Gasteiger partial charge in [-0.1, -0.05) is 18.2 Å². The quantitative estimate of drug-likeness (QED) is 0.201. The van der Waals surface area contributed by atoms with Crippen molar-refractivity contribution in [3.8, 4) is 0 Å². The average Bonchev–Trinajstić information content (AvgIpc) is 2.93. The lowest BCUT2D eigenvalue weighted by Gasteiger charge is -2.01. The van der Waals surface area contributed by atoms with E-state index in [0.29, 0.717) is 17.4 Å². The van der Waals surface area contributed by atoms with Gasteiger partial charge >= 0.3 is 5.88 Å². The summed E-state index contributed by atoms with van der Waals surface area (Å²) >= 11 is 4.92. The van der Waals surface area contributed by atoms with Crippen LogP contribution in [0.25, 0.3) is 6.08 Å². The van der Waals surface area contributed by atoms with E-state index in [4.69, 9.17) is 16.6 Å². The molecule has 0 aliphatic carbocycles. The molecular formula is C13H14N4O3S. The largest absolute Gasteiger partial charge is 0.433 e. The predicted octanol–water partition coefficient (Wildman–Crippen LogP) is 2.39. The first-order valence-corrected chi connectivity index (χ1v) is 6.29. The van der Waals surface area contributed by atoms with Crippen LogP contribution in [0.15, 0.2) is 52.5 Å². The Bertz CT molecular complexity index is 590. The van der Waals surface area contributed by atoms with Gasteiger partial charge in [0.25, 0.3) is 0 Å². The molecule has 0 bridgehead atoms. The third-order valence-corrected chi connectivity index (χ3v) is 2.24. The van der Waals surface area contributed by atoms with Crippen LogP contribution in [0, 0.1) is 10.1 Å². The van der Waals surface area contributed by atoms with Crippen LogP contribution < -0.4 is 10.7 Å². The van der Waals surface area contributed by atoms with Crippen molar-refractivity contribution < 1.29 is 9.34 Å². The first-order valence-electron chi connectivity index (χ1n) is 5.89. The highest BCUT2D eigenvalue weighted by Gasteiger charge is 2.09. The zero-order chi connectivity index (χ0) is 15.5. The Hall–Kier alpha value is -2.74. The first kappa shape index (κ1) is 16.3. The van der Waals surface area contributed by atoms with Crippen LogP contribution in [-0.4, -0.2) is 22.8 Å². The molecule has 7 nitrogen and oxygen atoms in total. The number of hydrogen-bond acceptors (Lipinski definition) is 5. The van der Waals surface area contributed by atoms with E-state index in [-0.39, 0.29) is 5.88 Å². The third kappa shape index (κ3) is 6.83. The SMILES string of the molecule is C=CCNC(=S)N/N=C/C=C/C=C/c1ccc([N+](=O)[O-])o1. The monoisotopic (exact) mass is 306 g/mol. The molecule has 0 aromatic carbocycles.